The summed E-state index contributed by atoms with van der Waals surface area (Å²) in [5.74, 6) is 1.42. The molecule has 1 aliphatic carbocycles. The normalized spacial score (nSPS) is 15.3. The molecular weight excluding hydrogens is 979 g/mol. The number of nitrogens with zero attached hydrogens (tertiary/aromatic N) is 3. The van der Waals surface area contributed by atoms with Gasteiger partial charge in [-0.05, 0) is 99.5 Å². The first-order valence-corrected chi connectivity index (χ1v) is 27.0. The van der Waals surface area contributed by atoms with Crippen molar-refractivity contribution in [2.75, 3.05) is 4.90 Å². The smallest absolute Gasteiger partial charge is 0.661 e. The van der Waals surface area contributed by atoms with Crippen LogP contribution in [0.4, 0.5) is 17.1 Å². The Morgan fingerprint density at radius 1 is 0.698 bits per heavy atom. The Kier molecular flexibility index (Phi) is 13.6. The van der Waals surface area contributed by atoms with Crippen LogP contribution in [0.15, 0.2) is 140 Å². The summed E-state index contributed by atoms with van der Waals surface area (Å²) >= 11 is 1.85. The Bertz CT molecular complexity index is 2790. The van der Waals surface area contributed by atoms with Gasteiger partial charge in [0, 0.05) is 22.3 Å². The molecule has 320 valence electrons. The second-order valence-electron chi connectivity index (χ2n) is 18.8. The minimum atomic E-state index is -1.36. The van der Waals surface area contributed by atoms with Gasteiger partial charge in [0.1, 0.15) is 0 Å². The van der Waals surface area contributed by atoms with Gasteiger partial charge in [-0.15, -0.1) is 52.5 Å². The van der Waals surface area contributed by atoms with Gasteiger partial charge in [0.05, 0.1) is 8.07 Å². The quantitative estimate of drug-likeness (QED) is 0.112. The van der Waals surface area contributed by atoms with Crippen molar-refractivity contribution in [2.45, 2.75) is 103 Å². The molecule has 3 heterocycles. The molecule has 10 rings (SSSR count). The van der Waals surface area contributed by atoms with E-state index >= 15 is 0 Å². The molecule has 0 saturated heterocycles. The Balaban J connectivity index is 0.000000201. The predicted molar refractivity (Wildman–Crippen MR) is 270 cm³/mol. The summed E-state index contributed by atoms with van der Waals surface area (Å²) in [6, 6.07) is 54.7. The summed E-state index contributed by atoms with van der Waals surface area (Å²) in [6.07, 6.45) is 8.84. The van der Waals surface area contributed by atoms with Crippen molar-refractivity contribution < 1.29 is 20.1 Å². The molecule has 1 aliphatic heterocycles. The number of hydrogen-bond donors (Lipinski definition) is 0. The first-order chi connectivity index (χ1) is 30.1. The Hall–Kier alpha value is -4.84. The van der Waals surface area contributed by atoms with Crippen LogP contribution in [0.3, 0.4) is 0 Å². The number of benzene rings is 6. The van der Waals surface area contributed by atoms with Crippen molar-refractivity contribution in [1.82, 2.24) is 4.98 Å². The number of aromatic nitrogens is 1. The van der Waals surface area contributed by atoms with E-state index in [9.17, 15) is 0 Å². The van der Waals surface area contributed by atoms with Crippen LogP contribution in [0.1, 0.15) is 106 Å². The molecular formula is C57H58IrN3SSi. The number of anilines is 2. The molecule has 3 nitrogen and oxygen atoms in total. The molecule has 63 heavy (non-hydrogen) atoms. The summed E-state index contributed by atoms with van der Waals surface area (Å²) in [4.78, 5) is 7.28. The molecule has 1 saturated carbocycles. The molecule has 0 bridgehead atoms. The van der Waals surface area contributed by atoms with Crippen LogP contribution in [0.25, 0.3) is 47.9 Å². The van der Waals surface area contributed by atoms with Crippen molar-refractivity contribution in [3.05, 3.63) is 179 Å². The summed E-state index contributed by atoms with van der Waals surface area (Å²) in [6.45, 7) is 16.5. The third kappa shape index (κ3) is 9.11. The fourth-order valence-corrected chi connectivity index (χ4v) is 12.4. The third-order valence-corrected chi connectivity index (χ3v) is 16.1. The van der Waals surface area contributed by atoms with Crippen LogP contribution >= 0.6 is 11.3 Å². The monoisotopic (exact) mass is 1040 g/mol. The van der Waals surface area contributed by atoms with Gasteiger partial charge in [0.15, 0.2) is 0 Å². The molecule has 1 unspecified atom stereocenters. The Morgan fingerprint density at radius 3 is 2.08 bits per heavy atom. The van der Waals surface area contributed by atoms with E-state index in [1.165, 1.54) is 80.2 Å². The maximum Gasteiger partial charge on any atom is 3.00 e. The molecule has 0 amide bonds. The predicted octanol–water partition coefficient (Wildman–Crippen LogP) is 16.8. The molecule has 6 aromatic carbocycles. The van der Waals surface area contributed by atoms with E-state index in [-0.39, 0.29) is 26.3 Å². The number of pyridine rings is 1. The van der Waals surface area contributed by atoms with Gasteiger partial charge in [-0.1, -0.05) is 150 Å². The average molecular weight is 1040 g/mol. The molecule has 0 radical (unpaired) electrons. The van der Waals surface area contributed by atoms with Crippen molar-refractivity contribution in [3.8, 4) is 22.4 Å². The van der Waals surface area contributed by atoms with Crippen LogP contribution in [-0.4, -0.2) is 13.1 Å². The molecule has 1 atom stereocenters. The maximum atomic E-state index is 5.38. The second kappa shape index (κ2) is 19.1. The standard InChI is InChI=1S/C37H32N2S.C20H26NSi.Ir/c1-23(2)30-21-26(25-13-6-5-7-14-25)22-31(24(3)4)35(30)39-33-19-10-9-18-32(33)38-37(39)29-17-12-16-28-27-15-8-11-20-34(27)40-36(28)29;1-22(2,3)20-15-21-19(17-12-8-5-9-13-17)14-18(20)16-10-6-4-7-11-16;/h5-16,18-24,37H,1-4H3;5,8-9,12,14-16H,4,6-7,10-11H2,1-3H3;/q-2;-1;+3. The third-order valence-electron chi connectivity index (χ3n) is 12.8. The largest absolute Gasteiger partial charge is 3.00 e. The Morgan fingerprint density at radius 2 is 1.38 bits per heavy atom. The van der Waals surface area contributed by atoms with Crippen LogP contribution in [0.5, 0.6) is 0 Å². The van der Waals surface area contributed by atoms with Gasteiger partial charge in [0.25, 0.3) is 0 Å². The van der Waals surface area contributed by atoms with Crippen molar-refractivity contribution >= 4 is 61.8 Å². The van der Waals surface area contributed by atoms with Gasteiger partial charge in [0.2, 0.25) is 0 Å². The minimum absolute atomic E-state index is 0. The molecule has 0 N–H and O–H groups in total. The zero-order valence-electron chi connectivity index (χ0n) is 37.7. The first-order valence-electron chi connectivity index (χ1n) is 22.7. The number of para-hydroxylation sites is 2. The van der Waals surface area contributed by atoms with Gasteiger partial charge >= 0.3 is 20.1 Å². The molecule has 6 heteroatoms. The van der Waals surface area contributed by atoms with E-state index in [2.05, 4.69) is 192 Å². The van der Waals surface area contributed by atoms with E-state index in [0.29, 0.717) is 11.8 Å². The van der Waals surface area contributed by atoms with E-state index in [1.807, 2.05) is 23.5 Å². The zero-order valence-corrected chi connectivity index (χ0v) is 41.9. The van der Waals surface area contributed by atoms with E-state index in [1.54, 1.807) is 10.8 Å². The summed E-state index contributed by atoms with van der Waals surface area (Å²) in [5, 5.41) is 9.53. The Labute approximate surface area is 394 Å². The van der Waals surface area contributed by atoms with Gasteiger partial charge in [-0.25, -0.2) is 11.3 Å². The summed E-state index contributed by atoms with van der Waals surface area (Å²) in [7, 11) is -1.36. The van der Waals surface area contributed by atoms with Crippen molar-refractivity contribution in [1.29, 1.82) is 0 Å². The first kappa shape index (κ1) is 44.8. The molecule has 2 aliphatic rings. The van der Waals surface area contributed by atoms with Crippen molar-refractivity contribution in [3.63, 3.8) is 0 Å². The van der Waals surface area contributed by atoms with Crippen LogP contribution in [-0.2, 0) is 20.1 Å². The van der Waals surface area contributed by atoms with Gasteiger partial charge in [-0.3, -0.25) is 0 Å². The average Bonchev–Trinajstić information content (AvgIpc) is 3.88. The number of thiophene rings is 1. The molecule has 2 aromatic heterocycles. The maximum absolute atomic E-state index is 5.38. The summed E-state index contributed by atoms with van der Waals surface area (Å²) < 4.78 is 2.58. The SMILES string of the molecule is CC(C)c1cc(-c2ccccc2)cc(C(C)C)c1N1c2ccccc2[N-]C1c1[c-]ccc2c1sc1ccccc12.C[Si](C)(C)c1cnc(-c2[c-]cccc2)cc1C1CCCCC1.[Ir+3]. The minimum Gasteiger partial charge on any atom is -0.661 e. The molecule has 0 spiro atoms. The molecule has 8 aromatic rings. The zero-order chi connectivity index (χ0) is 43.0. The van der Waals surface area contributed by atoms with Crippen LogP contribution in [0, 0.1) is 12.1 Å². The van der Waals surface area contributed by atoms with E-state index in [0.717, 1.165) is 34.1 Å². The topological polar surface area (TPSA) is 30.2 Å². The fourth-order valence-electron chi connectivity index (χ4n) is 9.62. The van der Waals surface area contributed by atoms with Crippen LogP contribution in [0.2, 0.25) is 19.6 Å². The van der Waals surface area contributed by atoms with Gasteiger partial charge in [-0.2, -0.15) is 18.2 Å². The molecule has 1 fully saturated rings. The van der Waals surface area contributed by atoms with Crippen LogP contribution < -0.4 is 10.1 Å². The van der Waals surface area contributed by atoms with E-state index in [4.69, 9.17) is 10.3 Å². The van der Waals surface area contributed by atoms with Crippen molar-refractivity contribution in [2.24, 2.45) is 0 Å². The number of fused-ring (bicyclic) bond motifs is 4. The van der Waals surface area contributed by atoms with E-state index < -0.39 is 8.07 Å². The fraction of sp³-hybridized carbons (Fsp3) is 0.281. The summed E-state index contributed by atoms with van der Waals surface area (Å²) in [5.41, 5.74) is 13.6. The number of rotatable bonds is 8. The van der Waals surface area contributed by atoms with Gasteiger partial charge < -0.3 is 15.2 Å². The number of hydrogen-bond acceptors (Lipinski definition) is 3. The second-order valence-corrected chi connectivity index (χ2v) is 24.9.